The molecule has 1 amide bonds. The Morgan fingerprint density at radius 3 is 2.75 bits per heavy atom. The van der Waals surface area contributed by atoms with Crippen LogP contribution in [0, 0.1) is 6.92 Å². The normalized spacial score (nSPS) is 10.5. The van der Waals surface area contributed by atoms with Crippen LogP contribution in [-0.2, 0) is 6.42 Å². The van der Waals surface area contributed by atoms with Gasteiger partial charge in [0.1, 0.15) is 0 Å². The summed E-state index contributed by atoms with van der Waals surface area (Å²) in [5.74, 6) is -0.539. The third-order valence-corrected chi connectivity index (χ3v) is 3.62. The number of amides is 1. The molecule has 0 bridgehead atoms. The number of aliphatic hydroxyl groups excluding tert-OH is 1. The van der Waals surface area contributed by atoms with Crippen LogP contribution in [0.25, 0.3) is 0 Å². The van der Waals surface area contributed by atoms with E-state index in [0.29, 0.717) is 23.4 Å². The summed E-state index contributed by atoms with van der Waals surface area (Å²) in [7, 11) is 0. The maximum absolute atomic E-state index is 11.1. The van der Waals surface area contributed by atoms with Gasteiger partial charge in [-0.1, -0.05) is 27.5 Å². The Labute approximate surface area is 108 Å². The maximum Gasteiger partial charge on any atom is 0.250 e. The van der Waals surface area contributed by atoms with Gasteiger partial charge in [0.05, 0.1) is 10.6 Å². The van der Waals surface area contributed by atoms with Crippen molar-refractivity contribution in [3.63, 3.8) is 0 Å². The summed E-state index contributed by atoms with van der Waals surface area (Å²) in [6.07, 6.45) is 1.37. The van der Waals surface area contributed by atoms with Crippen molar-refractivity contribution in [2.24, 2.45) is 5.73 Å². The van der Waals surface area contributed by atoms with Crippen molar-refractivity contribution < 1.29 is 9.90 Å². The topological polar surface area (TPSA) is 63.3 Å². The summed E-state index contributed by atoms with van der Waals surface area (Å²) in [6, 6.07) is 1.63. The molecule has 0 saturated heterocycles. The smallest absolute Gasteiger partial charge is 0.250 e. The lowest BCUT2D eigenvalue weighted by Crippen LogP contribution is -2.13. The van der Waals surface area contributed by atoms with Gasteiger partial charge >= 0.3 is 0 Å². The van der Waals surface area contributed by atoms with Gasteiger partial charge in [0.15, 0.2) is 0 Å². The zero-order valence-electron chi connectivity index (χ0n) is 8.89. The molecule has 16 heavy (non-hydrogen) atoms. The molecule has 0 aromatic heterocycles. The summed E-state index contributed by atoms with van der Waals surface area (Å²) < 4.78 is 0.802. The number of hydrogen-bond acceptors (Lipinski definition) is 2. The Balaban J connectivity index is 3.23. The number of halogens is 2. The fourth-order valence-corrected chi connectivity index (χ4v) is 2.52. The third-order valence-electron chi connectivity index (χ3n) is 2.43. The second kappa shape index (κ2) is 5.66. The van der Waals surface area contributed by atoms with Gasteiger partial charge in [-0.15, -0.1) is 0 Å². The Kier molecular flexibility index (Phi) is 4.77. The minimum Gasteiger partial charge on any atom is -0.396 e. The predicted octanol–water partition coefficient (Wildman–Crippen LogP) is 2.43. The molecule has 0 aliphatic carbocycles. The highest BCUT2D eigenvalue weighted by Crippen LogP contribution is 2.31. The van der Waals surface area contributed by atoms with E-state index in [1.807, 2.05) is 6.92 Å². The molecule has 0 heterocycles. The number of nitrogens with two attached hydrogens (primary N) is 1. The molecule has 0 unspecified atom stereocenters. The van der Waals surface area contributed by atoms with Crippen LogP contribution in [0.1, 0.15) is 27.9 Å². The molecule has 0 atom stereocenters. The van der Waals surface area contributed by atoms with Crippen LogP contribution in [0.4, 0.5) is 0 Å². The van der Waals surface area contributed by atoms with Crippen LogP contribution in [0.5, 0.6) is 0 Å². The van der Waals surface area contributed by atoms with E-state index >= 15 is 0 Å². The second-order valence-corrected chi connectivity index (χ2v) is 4.75. The van der Waals surface area contributed by atoms with E-state index in [1.165, 1.54) is 0 Å². The standard InChI is InChI=1S/C11H13BrClNO2/c1-6-7(3-2-4-15)9(12)5-8(10(6)13)11(14)16/h5,15H,2-4H2,1H3,(H2,14,16). The number of aliphatic hydroxyl groups is 1. The van der Waals surface area contributed by atoms with E-state index in [-0.39, 0.29) is 6.61 Å². The van der Waals surface area contributed by atoms with Gasteiger partial charge in [-0.2, -0.15) is 0 Å². The van der Waals surface area contributed by atoms with Crippen molar-refractivity contribution in [3.05, 3.63) is 32.3 Å². The van der Waals surface area contributed by atoms with Gasteiger partial charge in [-0.05, 0) is 37.0 Å². The molecule has 0 aliphatic rings. The molecule has 0 aliphatic heterocycles. The molecule has 88 valence electrons. The van der Waals surface area contributed by atoms with Gasteiger partial charge in [-0.3, -0.25) is 4.79 Å². The minimum absolute atomic E-state index is 0.126. The number of carbonyl (C=O) groups excluding carboxylic acids is 1. The van der Waals surface area contributed by atoms with Crippen LogP contribution in [0.2, 0.25) is 5.02 Å². The molecule has 0 saturated carbocycles. The largest absolute Gasteiger partial charge is 0.396 e. The van der Waals surface area contributed by atoms with Crippen molar-refractivity contribution in [2.45, 2.75) is 19.8 Å². The highest BCUT2D eigenvalue weighted by Gasteiger charge is 2.15. The van der Waals surface area contributed by atoms with E-state index in [2.05, 4.69) is 15.9 Å². The zero-order valence-corrected chi connectivity index (χ0v) is 11.2. The maximum atomic E-state index is 11.1. The van der Waals surface area contributed by atoms with Gasteiger partial charge in [0, 0.05) is 11.1 Å². The minimum atomic E-state index is -0.539. The molecule has 3 nitrogen and oxygen atoms in total. The number of hydrogen-bond donors (Lipinski definition) is 2. The van der Waals surface area contributed by atoms with E-state index in [9.17, 15) is 4.79 Å². The van der Waals surface area contributed by atoms with Crippen molar-refractivity contribution in [1.29, 1.82) is 0 Å². The van der Waals surface area contributed by atoms with Crippen molar-refractivity contribution >= 4 is 33.4 Å². The summed E-state index contributed by atoms with van der Waals surface area (Å²) in [5, 5.41) is 9.19. The van der Waals surface area contributed by atoms with Crippen molar-refractivity contribution in [1.82, 2.24) is 0 Å². The fraction of sp³-hybridized carbons (Fsp3) is 0.364. The first-order valence-electron chi connectivity index (χ1n) is 4.87. The van der Waals surface area contributed by atoms with Crippen LogP contribution in [-0.4, -0.2) is 17.6 Å². The zero-order chi connectivity index (χ0) is 12.3. The first-order chi connectivity index (χ1) is 7.49. The first-order valence-corrected chi connectivity index (χ1v) is 6.04. The van der Waals surface area contributed by atoms with Crippen molar-refractivity contribution in [2.75, 3.05) is 6.61 Å². The lowest BCUT2D eigenvalue weighted by atomic mass is 10.0. The molecule has 0 radical (unpaired) electrons. The molecule has 0 fully saturated rings. The van der Waals surface area contributed by atoms with Gasteiger partial charge < -0.3 is 10.8 Å². The molecule has 3 N–H and O–H groups in total. The third kappa shape index (κ3) is 2.75. The highest BCUT2D eigenvalue weighted by atomic mass is 79.9. The summed E-state index contributed by atoms with van der Waals surface area (Å²) in [5.41, 5.74) is 7.37. The molecule has 5 heteroatoms. The van der Waals surface area contributed by atoms with Gasteiger partial charge in [-0.25, -0.2) is 0 Å². The lowest BCUT2D eigenvalue weighted by molar-refractivity contribution is 0.100. The molecular formula is C11H13BrClNO2. The summed E-state index contributed by atoms with van der Waals surface area (Å²) in [4.78, 5) is 11.1. The molecule has 1 aromatic rings. The Morgan fingerprint density at radius 1 is 1.62 bits per heavy atom. The summed E-state index contributed by atoms with van der Waals surface area (Å²) in [6.45, 7) is 1.97. The van der Waals surface area contributed by atoms with E-state index in [4.69, 9.17) is 22.4 Å². The summed E-state index contributed by atoms with van der Waals surface area (Å²) >= 11 is 9.44. The Hall–Kier alpha value is -0.580. The fourth-order valence-electron chi connectivity index (χ4n) is 1.53. The van der Waals surface area contributed by atoms with E-state index in [0.717, 1.165) is 15.6 Å². The SMILES string of the molecule is Cc1c(Cl)c(C(N)=O)cc(Br)c1CCCO. The van der Waals surface area contributed by atoms with Gasteiger partial charge in [0.25, 0.3) is 0 Å². The first kappa shape index (κ1) is 13.5. The monoisotopic (exact) mass is 305 g/mol. The number of rotatable bonds is 4. The van der Waals surface area contributed by atoms with Crippen LogP contribution in [0.3, 0.4) is 0 Å². The molecular weight excluding hydrogens is 293 g/mol. The Morgan fingerprint density at radius 2 is 2.25 bits per heavy atom. The van der Waals surface area contributed by atoms with Crippen molar-refractivity contribution in [3.8, 4) is 0 Å². The van der Waals surface area contributed by atoms with E-state index < -0.39 is 5.91 Å². The number of primary amides is 1. The number of carbonyl (C=O) groups is 1. The highest BCUT2D eigenvalue weighted by molar-refractivity contribution is 9.10. The van der Waals surface area contributed by atoms with Crippen LogP contribution >= 0.6 is 27.5 Å². The Bertz CT molecular complexity index is 421. The lowest BCUT2D eigenvalue weighted by Gasteiger charge is -2.12. The predicted molar refractivity (Wildman–Crippen MR) is 67.8 cm³/mol. The van der Waals surface area contributed by atoms with Gasteiger partial charge in [0.2, 0.25) is 5.91 Å². The van der Waals surface area contributed by atoms with Crippen LogP contribution in [0.15, 0.2) is 10.5 Å². The molecule has 1 rings (SSSR count). The molecule has 0 spiro atoms. The quantitative estimate of drug-likeness (QED) is 0.897. The molecule has 1 aromatic carbocycles. The number of benzene rings is 1. The average molecular weight is 307 g/mol. The van der Waals surface area contributed by atoms with E-state index in [1.54, 1.807) is 6.07 Å². The second-order valence-electron chi connectivity index (χ2n) is 3.51. The average Bonchev–Trinajstić information content (AvgIpc) is 2.23. The van der Waals surface area contributed by atoms with Crippen LogP contribution < -0.4 is 5.73 Å².